The van der Waals surface area contributed by atoms with Gasteiger partial charge < -0.3 is 9.47 Å². The Hall–Kier alpha value is -2.03. The highest BCUT2D eigenvalue weighted by Gasteiger charge is 2.41. The summed E-state index contributed by atoms with van der Waals surface area (Å²) in [4.78, 5) is 12.1. The number of nitrogens with zero attached hydrogens (tertiary/aromatic N) is 1. The molecule has 2 unspecified atom stereocenters. The number of hydrogen-bond donors (Lipinski definition) is 1. The third kappa shape index (κ3) is 2.80. The number of rotatable bonds is 2. The number of methoxy groups -OCH3 is 1. The maximum atomic E-state index is 12.1. The minimum absolute atomic E-state index is 0.198. The molecule has 22 heavy (non-hydrogen) atoms. The monoisotopic (exact) mass is 338 g/mol. The lowest BCUT2D eigenvalue weighted by molar-refractivity contribution is -0.136. The highest BCUT2D eigenvalue weighted by Crippen LogP contribution is 2.41. The lowest BCUT2D eigenvalue weighted by Gasteiger charge is -2.30. The number of hydrogen-bond acceptors (Lipinski definition) is 5. The number of nitriles is 1. The zero-order chi connectivity index (χ0) is 16.4. The molecule has 0 aromatic heterocycles. The van der Waals surface area contributed by atoms with E-state index in [9.17, 15) is 10.1 Å². The maximum Gasteiger partial charge on any atom is 0.337 e. The van der Waals surface area contributed by atoms with Gasteiger partial charge in [0.15, 0.2) is 0 Å². The van der Waals surface area contributed by atoms with Gasteiger partial charge in [-0.2, -0.15) is 5.26 Å². The summed E-state index contributed by atoms with van der Waals surface area (Å²) in [6.07, 6.45) is 0. The van der Waals surface area contributed by atoms with E-state index < -0.39 is 17.8 Å². The normalized spacial score (nSPS) is 21.1. The van der Waals surface area contributed by atoms with Crippen LogP contribution in [0.2, 0.25) is 10.0 Å². The minimum Gasteiger partial charge on any atom is -0.466 e. The van der Waals surface area contributed by atoms with E-state index in [4.69, 9.17) is 38.1 Å². The van der Waals surface area contributed by atoms with Crippen LogP contribution in [-0.4, -0.2) is 19.0 Å². The topological polar surface area (TPSA) is 83.2 Å². The third-order valence-corrected chi connectivity index (χ3v) is 4.16. The standard InChI is InChI=1S/C15H12Cl2N2O3/c1-7-12(15(20)21-2)13(9(6-18)14(19)22-7)8-3-4-10(16)11(17)5-8/h3-5,9,13,19H,1-2H3. The minimum atomic E-state index is -0.949. The molecule has 1 N–H and O–H groups in total. The highest BCUT2D eigenvalue weighted by molar-refractivity contribution is 6.42. The molecular weight excluding hydrogens is 327 g/mol. The second kappa shape index (κ2) is 6.39. The molecule has 2 atom stereocenters. The Balaban J connectivity index is 2.65. The van der Waals surface area contributed by atoms with Crippen molar-refractivity contribution in [3.63, 3.8) is 0 Å². The van der Waals surface area contributed by atoms with Gasteiger partial charge in [-0.25, -0.2) is 4.79 Å². The van der Waals surface area contributed by atoms with Gasteiger partial charge in [-0.05, 0) is 24.6 Å². The number of carbonyl (C=O) groups excluding carboxylic acids is 1. The molecule has 0 amide bonds. The first-order chi connectivity index (χ1) is 10.4. The average molecular weight is 339 g/mol. The van der Waals surface area contributed by atoms with Crippen molar-refractivity contribution in [1.29, 1.82) is 10.7 Å². The van der Waals surface area contributed by atoms with Gasteiger partial charge in [-0.1, -0.05) is 29.3 Å². The zero-order valence-electron chi connectivity index (χ0n) is 11.8. The van der Waals surface area contributed by atoms with Crippen molar-refractivity contribution < 1.29 is 14.3 Å². The molecular formula is C15H12Cl2N2O3. The van der Waals surface area contributed by atoms with Gasteiger partial charge >= 0.3 is 5.97 Å². The van der Waals surface area contributed by atoms with Gasteiger partial charge in [0.25, 0.3) is 0 Å². The van der Waals surface area contributed by atoms with Crippen molar-refractivity contribution in [2.24, 2.45) is 5.92 Å². The summed E-state index contributed by atoms with van der Waals surface area (Å²) in [7, 11) is 1.25. The first-order valence-electron chi connectivity index (χ1n) is 6.30. The number of carbonyl (C=O) groups is 1. The van der Waals surface area contributed by atoms with Crippen LogP contribution in [0.25, 0.3) is 0 Å². The summed E-state index contributed by atoms with van der Waals surface area (Å²) in [5.41, 5.74) is 0.789. The van der Waals surface area contributed by atoms with E-state index >= 15 is 0 Å². The zero-order valence-corrected chi connectivity index (χ0v) is 13.3. The Labute approximate surface area is 137 Å². The van der Waals surface area contributed by atoms with E-state index in [1.54, 1.807) is 25.1 Å². The first-order valence-corrected chi connectivity index (χ1v) is 7.06. The Bertz CT molecular complexity index is 722. The SMILES string of the molecule is COC(=O)C1=C(C)OC(=N)C(C#N)C1c1ccc(Cl)c(Cl)c1. The van der Waals surface area contributed by atoms with E-state index in [0.29, 0.717) is 15.6 Å². The molecule has 2 rings (SSSR count). The summed E-state index contributed by atoms with van der Waals surface area (Å²) >= 11 is 11.9. The molecule has 0 saturated heterocycles. The molecule has 0 radical (unpaired) electrons. The van der Waals surface area contributed by atoms with Crippen LogP contribution in [-0.2, 0) is 14.3 Å². The number of ether oxygens (including phenoxy) is 2. The predicted molar refractivity (Wildman–Crippen MR) is 81.8 cm³/mol. The van der Waals surface area contributed by atoms with Crippen molar-refractivity contribution >= 4 is 35.1 Å². The van der Waals surface area contributed by atoms with Crippen molar-refractivity contribution in [3.05, 3.63) is 45.1 Å². The maximum absolute atomic E-state index is 12.1. The Morgan fingerprint density at radius 2 is 2.09 bits per heavy atom. The van der Waals surface area contributed by atoms with Crippen LogP contribution in [0.4, 0.5) is 0 Å². The van der Waals surface area contributed by atoms with E-state index in [1.807, 2.05) is 6.07 Å². The number of nitrogens with one attached hydrogen (secondary N) is 1. The lowest BCUT2D eigenvalue weighted by Crippen LogP contribution is -2.32. The van der Waals surface area contributed by atoms with Crippen molar-refractivity contribution in [2.45, 2.75) is 12.8 Å². The van der Waals surface area contributed by atoms with E-state index in [1.165, 1.54) is 7.11 Å². The van der Waals surface area contributed by atoms with Crippen LogP contribution in [0.3, 0.4) is 0 Å². The van der Waals surface area contributed by atoms with Crippen molar-refractivity contribution in [2.75, 3.05) is 7.11 Å². The molecule has 114 valence electrons. The summed E-state index contributed by atoms with van der Waals surface area (Å²) in [5.74, 6) is -2.24. The molecule has 0 bridgehead atoms. The molecule has 0 aliphatic carbocycles. The number of benzene rings is 1. The number of allylic oxidation sites excluding steroid dienone is 1. The second-order valence-corrected chi connectivity index (χ2v) is 5.50. The average Bonchev–Trinajstić information content (AvgIpc) is 2.48. The molecule has 0 spiro atoms. The van der Waals surface area contributed by atoms with Gasteiger partial charge in [-0.15, -0.1) is 0 Å². The van der Waals surface area contributed by atoms with Crippen LogP contribution < -0.4 is 0 Å². The smallest absolute Gasteiger partial charge is 0.337 e. The van der Waals surface area contributed by atoms with Crippen LogP contribution >= 0.6 is 23.2 Å². The van der Waals surface area contributed by atoms with Gasteiger partial charge in [-0.3, -0.25) is 5.41 Å². The van der Waals surface area contributed by atoms with Crippen LogP contribution in [0.5, 0.6) is 0 Å². The predicted octanol–water partition coefficient (Wildman–Crippen LogP) is 3.67. The fourth-order valence-electron chi connectivity index (χ4n) is 2.40. The van der Waals surface area contributed by atoms with E-state index in [2.05, 4.69) is 0 Å². The first kappa shape index (κ1) is 16.3. The van der Waals surface area contributed by atoms with Gasteiger partial charge in [0.2, 0.25) is 5.90 Å². The van der Waals surface area contributed by atoms with Crippen molar-refractivity contribution in [3.8, 4) is 6.07 Å². The molecule has 0 fully saturated rings. The highest BCUT2D eigenvalue weighted by atomic mass is 35.5. The summed E-state index contributed by atoms with van der Waals surface area (Å²) in [6, 6.07) is 6.82. The molecule has 1 aliphatic rings. The Morgan fingerprint density at radius 3 is 2.64 bits per heavy atom. The van der Waals surface area contributed by atoms with E-state index in [0.717, 1.165) is 0 Å². The van der Waals surface area contributed by atoms with Crippen molar-refractivity contribution in [1.82, 2.24) is 0 Å². The number of halogens is 2. The van der Waals surface area contributed by atoms with E-state index in [-0.39, 0.29) is 17.2 Å². The molecule has 1 heterocycles. The largest absolute Gasteiger partial charge is 0.466 e. The quantitative estimate of drug-likeness (QED) is 0.834. The lowest BCUT2D eigenvalue weighted by atomic mass is 9.79. The van der Waals surface area contributed by atoms with Crippen LogP contribution in [0, 0.1) is 22.7 Å². The fraction of sp³-hybridized carbons (Fsp3) is 0.267. The summed E-state index contributed by atoms with van der Waals surface area (Å²) < 4.78 is 9.99. The second-order valence-electron chi connectivity index (χ2n) is 4.69. The molecule has 1 aromatic rings. The summed E-state index contributed by atoms with van der Waals surface area (Å²) in [5, 5.41) is 17.9. The van der Waals surface area contributed by atoms with Gasteiger partial charge in [0.05, 0.1) is 28.8 Å². The Kier molecular flexibility index (Phi) is 4.74. The van der Waals surface area contributed by atoms with Gasteiger partial charge in [0, 0.05) is 5.92 Å². The Morgan fingerprint density at radius 1 is 1.41 bits per heavy atom. The molecule has 1 aliphatic heterocycles. The third-order valence-electron chi connectivity index (χ3n) is 3.42. The molecule has 5 nitrogen and oxygen atoms in total. The van der Waals surface area contributed by atoms with Gasteiger partial charge in [0.1, 0.15) is 11.7 Å². The fourth-order valence-corrected chi connectivity index (χ4v) is 2.71. The summed E-state index contributed by atoms with van der Waals surface area (Å²) in [6.45, 7) is 1.55. The van der Waals surface area contributed by atoms with Crippen LogP contribution in [0.15, 0.2) is 29.5 Å². The number of esters is 1. The van der Waals surface area contributed by atoms with Crippen LogP contribution in [0.1, 0.15) is 18.4 Å². The molecule has 7 heteroatoms. The molecule has 1 aromatic carbocycles. The molecule has 0 saturated carbocycles.